The van der Waals surface area contributed by atoms with Crippen LogP contribution in [0, 0.1) is 0 Å². The number of likely N-dealkylation sites (tertiary alicyclic amines) is 1. The Hall–Kier alpha value is -1.57. The van der Waals surface area contributed by atoms with Crippen LogP contribution < -0.4 is 0 Å². The molecule has 2 aliphatic rings. The second-order valence-electron chi connectivity index (χ2n) is 5.70. The summed E-state index contributed by atoms with van der Waals surface area (Å²) in [5.74, 6) is -0.348. The highest BCUT2D eigenvalue weighted by molar-refractivity contribution is 5.94. The molecule has 5 nitrogen and oxygen atoms in total. The number of H-pyrrole nitrogens is 1. The van der Waals surface area contributed by atoms with Gasteiger partial charge in [-0.3, -0.25) is 9.89 Å². The number of carbonyl (C=O) groups excluding carboxylic acids is 1. The van der Waals surface area contributed by atoms with E-state index >= 15 is 0 Å². The Morgan fingerprint density at radius 3 is 2.57 bits per heavy atom. The van der Waals surface area contributed by atoms with Crippen molar-refractivity contribution in [3.05, 3.63) is 17.0 Å². The minimum Gasteiger partial charge on any atom is -0.380 e. The van der Waals surface area contributed by atoms with Gasteiger partial charge in [0, 0.05) is 37.2 Å². The smallest absolute Gasteiger partial charge is 0.380 e. The van der Waals surface area contributed by atoms with Gasteiger partial charge < -0.3 is 10.0 Å². The van der Waals surface area contributed by atoms with Crippen molar-refractivity contribution < 1.29 is 23.1 Å². The fourth-order valence-electron chi connectivity index (χ4n) is 3.01. The molecule has 2 N–H and O–H groups in total. The lowest BCUT2D eigenvalue weighted by atomic mass is 9.90. The molecular formula is C13H16F3N3O2. The zero-order valence-corrected chi connectivity index (χ0v) is 11.3. The van der Waals surface area contributed by atoms with E-state index in [2.05, 4.69) is 10.2 Å². The molecule has 3 rings (SSSR count). The SMILES string of the molecule is O=C(c1n[nH]c2c1CCC2)N1CCC(O)(C(F)(F)F)CC1. The standard InChI is InChI=1S/C13H16F3N3O2/c14-13(15,16)12(21)4-6-19(7-5-12)11(20)10-8-2-1-3-9(8)17-18-10/h21H,1-7H2,(H,17,18). The number of nitrogens with one attached hydrogen (secondary N) is 1. The van der Waals surface area contributed by atoms with Crippen molar-refractivity contribution in [3.8, 4) is 0 Å². The Labute approximate surface area is 119 Å². The zero-order chi connectivity index (χ0) is 15.3. The molecule has 116 valence electrons. The number of amides is 1. The molecule has 1 aromatic rings. The van der Waals surface area contributed by atoms with E-state index in [4.69, 9.17) is 0 Å². The highest BCUT2D eigenvalue weighted by Gasteiger charge is 2.55. The van der Waals surface area contributed by atoms with Crippen molar-refractivity contribution in [3.63, 3.8) is 0 Å². The molecule has 8 heteroatoms. The van der Waals surface area contributed by atoms with E-state index in [-0.39, 0.29) is 19.0 Å². The summed E-state index contributed by atoms with van der Waals surface area (Å²) < 4.78 is 38.2. The first kappa shape index (κ1) is 14.4. The van der Waals surface area contributed by atoms with Crippen LogP contribution in [-0.2, 0) is 12.8 Å². The van der Waals surface area contributed by atoms with Gasteiger partial charge in [-0.2, -0.15) is 18.3 Å². The number of hydrogen-bond acceptors (Lipinski definition) is 3. The number of aliphatic hydroxyl groups is 1. The number of carbonyl (C=O) groups is 1. The predicted octanol–water partition coefficient (Wildman–Crippen LogP) is 1.43. The lowest BCUT2D eigenvalue weighted by molar-refractivity contribution is -0.271. The summed E-state index contributed by atoms with van der Waals surface area (Å²) in [5.41, 5.74) is -0.532. The van der Waals surface area contributed by atoms with Crippen molar-refractivity contribution in [2.75, 3.05) is 13.1 Å². The predicted molar refractivity (Wildman–Crippen MR) is 66.8 cm³/mol. The van der Waals surface area contributed by atoms with Crippen molar-refractivity contribution in [2.45, 2.75) is 43.9 Å². The van der Waals surface area contributed by atoms with Gasteiger partial charge in [0.05, 0.1) is 0 Å². The molecule has 1 fully saturated rings. The number of aromatic amines is 1. The number of rotatable bonds is 1. The van der Waals surface area contributed by atoms with E-state index in [9.17, 15) is 23.1 Å². The molecular weight excluding hydrogens is 287 g/mol. The summed E-state index contributed by atoms with van der Waals surface area (Å²) in [5, 5.41) is 16.4. The first-order chi connectivity index (χ1) is 9.82. The first-order valence-electron chi connectivity index (χ1n) is 6.96. The fraction of sp³-hybridized carbons (Fsp3) is 0.692. The number of nitrogens with zero attached hydrogens (tertiary/aromatic N) is 2. The number of halogens is 3. The molecule has 1 saturated heterocycles. The van der Waals surface area contributed by atoms with Crippen LogP contribution in [0.25, 0.3) is 0 Å². The third-order valence-electron chi connectivity index (χ3n) is 4.41. The minimum atomic E-state index is -4.66. The van der Waals surface area contributed by atoms with Gasteiger partial charge in [0.2, 0.25) is 0 Å². The molecule has 0 atom stereocenters. The van der Waals surface area contributed by atoms with Gasteiger partial charge in [-0.25, -0.2) is 0 Å². The Bertz CT molecular complexity index is 559. The third kappa shape index (κ3) is 2.31. The van der Waals surface area contributed by atoms with E-state index in [0.717, 1.165) is 30.5 Å². The maximum Gasteiger partial charge on any atom is 0.417 e. The number of hydrogen-bond donors (Lipinski definition) is 2. The van der Waals surface area contributed by atoms with Crippen LogP contribution in [0.3, 0.4) is 0 Å². The summed E-state index contributed by atoms with van der Waals surface area (Å²) in [6.45, 7) is -0.229. The number of fused-ring (bicyclic) bond motifs is 1. The number of aryl methyl sites for hydroxylation is 1. The van der Waals surface area contributed by atoms with E-state index in [1.165, 1.54) is 4.90 Å². The third-order valence-corrected chi connectivity index (χ3v) is 4.41. The van der Waals surface area contributed by atoms with Crippen LogP contribution in [0.4, 0.5) is 13.2 Å². The van der Waals surface area contributed by atoms with Crippen LogP contribution in [0.2, 0.25) is 0 Å². The Morgan fingerprint density at radius 2 is 1.95 bits per heavy atom. The van der Waals surface area contributed by atoms with E-state index in [1.807, 2.05) is 0 Å². The van der Waals surface area contributed by atoms with Gasteiger partial charge in [-0.15, -0.1) is 0 Å². The summed E-state index contributed by atoms with van der Waals surface area (Å²) in [4.78, 5) is 13.7. The van der Waals surface area contributed by atoms with Gasteiger partial charge in [0.15, 0.2) is 11.3 Å². The molecule has 0 unspecified atom stereocenters. The maximum atomic E-state index is 12.7. The monoisotopic (exact) mass is 303 g/mol. The van der Waals surface area contributed by atoms with Crippen molar-refractivity contribution in [1.29, 1.82) is 0 Å². The summed E-state index contributed by atoms with van der Waals surface area (Å²) >= 11 is 0. The average Bonchev–Trinajstić information content (AvgIpc) is 2.99. The molecule has 0 radical (unpaired) electrons. The largest absolute Gasteiger partial charge is 0.417 e. The van der Waals surface area contributed by atoms with Crippen LogP contribution in [0.5, 0.6) is 0 Å². The summed E-state index contributed by atoms with van der Waals surface area (Å²) in [6, 6.07) is 0. The highest BCUT2D eigenvalue weighted by atomic mass is 19.4. The molecule has 0 spiro atoms. The Morgan fingerprint density at radius 1 is 1.29 bits per heavy atom. The molecule has 0 aromatic carbocycles. The molecule has 1 aromatic heterocycles. The molecule has 0 saturated carbocycles. The van der Waals surface area contributed by atoms with Crippen LogP contribution in [0.15, 0.2) is 0 Å². The second-order valence-corrected chi connectivity index (χ2v) is 5.70. The lowest BCUT2D eigenvalue weighted by Crippen LogP contribution is -2.54. The quantitative estimate of drug-likeness (QED) is 0.824. The van der Waals surface area contributed by atoms with Gasteiger partial charge in [-0.1, -0.05) is 0 Å². The number of alkyl halides is 3. The van der Waals surface area contributed by atoms with E-state index in [1.54, 1.807) is 0 Å². The van der Waals surface area contributed by atoms with Gasteiger partial charge in [0.25, 0.3) is 5.91 Å². The van der Waals surface area contributed by atoms with Crippen LogP contribution in [-0.4, -0.2) is 51.0 Å². The Kier molecular flexibility index (Phi) is 3.23. The molecule has 1 aliphatic carbocycles. The summed E-state index contributed by atoms with van der Waals surface area (Å²) in [7, 11) is 0. The fourth-order valence-corrected chi connectivity index (χ4v) is 3.01. The highest BCUT2D eigenvalue weighted by Crippen LogP contribution is 2.38. The number of piperidine rings is 1. The molecule has 2 heterocycles. The lowest BCUT2D eigenvalue weighted by Gasteiger charge is -2.38. The summed E-state index contributed by atoms with van der Waals surface area (Å²) in [6.07, 6.45) is -3.06. The van der Waals surface area contributed by atoms with Crippen LogP contribution in [0.1, 0.15) is 41.0 Å². The van der Waals surface area contributed by atoms with Gasteiger partial charge in [-0.05, 0) is 19.3 Å². The van der Waals surface area contributed by atoms with Gasteiger partial charge >= 0.3 is 6.18 Å². The second kappa shape index (κ2) is 4.72. The van der Waals surface area contributed by atoms with E-state index in [0.29, 0.717) is 5.69 Å². The van der Waals surface area contributed by atoms with Crippen LogP contribution >= 0.6 is 0 Å². The Balaban J connectivity index is 1.71. The normalized spacial score (nSPS) is 21.4. The number of aromatic nitrogens is 2. The maximum absolute atomic E-state index is 12.7. The minimum absolute atomic E-state index is 0.115. The zero-order valence-electron chi connectivity index (χ0n) is 11.3. The topological polar surface area (TPSA) is 69.2 Å². The average molecular weight is 303 g/mol. The van der Waals surface area contributed by atoms with Crippen molar-refractivity contribution >= 4 is 5.91 Å². The van der Waals surface area contributed by atoms with Gasteiger partial charge in [0.1, 0.15) is 0 Å². The molecule has 21 heavy (non-hydrogen) atoms. The molecule has 1 amide bonds. The first-order valence-corrected chi connectivity index (χ1v) is 6.96. The van der Waals surface area contributed by atoms with Crippen molar-refractivity contribution in [2.24, 2.45) is 0 Å². The van der Waals surface area contributed by atoms with E-state index < -0.39 is 24.6 Å². The van der Waals surface area contributed by atoms with Crippen molar-refractivity contribution in [1.82, 2.24) is 15.1 Å². The molecule has 1 aliphatic heterocycles. The molecule has 0 bridgehead atoms.